The van der Waals surface area contributed by atoms with Gasteiger partial charge < -0.3 is 18.9 Å². The van der Waals surface area contributed by atoms with Crippen molar-refractivity contribution in [2.24, 2.45) is 0 Å². The fraction of sp³-hybridized carbons (Fsp3) is 0.294. The van der Waals surface area contributed by atoms with Crippen LogP contribution in [-0.2, 0) is 18.9 Å². The zero-order valence-electron chi connectivity index (χ0n) is 12.3. The van der Waals surface area contributed by atoms with E-state index in [-0.39, 0.29) is 6.10 Å². The topological polar surface area (TPSA) is 36.9 Å². The molecule has 1 atom stereocenters. The van der Waals surface area contributed by atoms with Crippen LogP contribution in [0.1, 0.15) is 0 Å². The first-order chi connectivity index (χ1) is 10.3. The predicted octanol–water partition coefficient (Wildman–Crippen LogP) is 1.06. The number of methoxy groups -OCH3 is 3. The number of ether oxygens (including phenoxy) is 4. The summed E-state index contributed by atoms with van der Waals surface area (Å²) in [5, 5.41) is 2.01. The Morgan fingerprint density at radius 1 is 0.952 bits per heavy atom. The van der Waals surface area contributed by atoms with E-state index in [1.165, 1.54) is 21.3 Å². The summed E-state index contributed by atoms with van der Waals surface area (Å²) >= 11 is 0. The second kappa shape index (κ2) is 5.48. The number of benzene rings is 1. The van der Waals surface area contributed by atoms with Gasteiger partial charge in [-0.2, -0.15) is 0 Å². The largest absolute Gasteiger partial charge is 0.477 e. The van der Waals surface area contributed by atoms with Crippen molar-refractivity contribution in [2.75, 3.05) is 21.3 Å². The van der Waals surface area contributed by atoms with Crippen molar-refractivity contribution in [3.8, 4) is 0 Å². The smallest absolute Gasteiger partial charge is 0.345 e. The minimum Gasteiger partial charge on any atom is -0.477 e. The van der Waals surface area contributed by atoms with Crippen LogP contribution in [0.3, 0.4) is 0 Å². The van der Waals surface area contributed by atoms with E-state index in [2.05, 4.69) is 12.1 Å². The summed E-state index contributed by atoms with van der Waals surface area (Å²) in [5.74, 6) is -0.823. The van der Waals surface area contributed by atoms with Crippen LogP contribution in [0.15, 0.2) is 48.6 Å². The normalized spacial score (nSPS) is 20.0. The molecule has 110 valence electrons. The lowest BCUT2D eigenvalue weighted by molar-refractivity contribution is -0.323. The fourth-order valence-electron chi connectivity index (χ4n) is 2.76. The average Bonchev–Trinajstić information content (AvgIpc) is 2.57. The van der Waals surface area contributed by atoms with Gasteiger partial charge in [-0.3, -0.25) is 0 Å². The van der Waals surface area contributed by atoms with Gasteiger partial charge in [0.15, 0.2) is 5.76 Å². The Kier molecular flexibility index (Phi) is 3.68. The molecule has 1 unspecified atom stereocenters. The number of hydrogen-bond acceptors (Lipinski definition) is 4. The lowest BCUT2D eigenvalue weighted by Crippen LogP contribution is -2.49. The highest BCUT2D eigenvalue weighted by Crippen LogP contribution is 2.30. The molecule has 0 amide bonds. The Bertz CT molecular complexity index is 702. The number of allylic oxidation sites excluding steroid dienone is 2. The van der Waals surface area contributed by atoms with Gasteiger partial charge in [0.05, 0.1) is 0 Å². The van der Waals surface area contributed by atoms with Crippen LogP contribution in [0.5, 0.6) is 0 Å². The molecular weight excluding hydrogens is 268 g/mol. The maximum absolute atomic E-state index is 6.12. The van der Waals surface area contributed by atoms with Gasteiger partial charge in [-0.1, -0.05) is 42.5 Å². The zero-order chi connectivity index (χ0) is 14.9. The lowest BCUT2D eigenvalue weighted by Gasteiger charge is -2.35. The molecule has 21 heavy (non-hydrogen) atoms. The Balaban J connectivity index is 2.36. The van der Waals surface area contributed by atoms with E-state index >= 15 is 0 Å². The van der Waals surface area contributed by atoms with Crippen molar-refractivity contribution in [1.82, 2.24) is 0 Å². The van der Waals surface area contributed by atoms with Gasteiger partial charge in [0, 0.05) is 32.1 Å². The lowest BCUT2D eigenvalue weighted by atomic mass is 9.97. The zero-order valence-corrected chi connectivity index (χ0v) is 12.3. The quantitative estimate of drug-likeness (QED) is 0.776. The molecule has 0 radical (unpaired) electrons. The highest BCUT2D eigenvalue weighted by Gasteiger charge is 2.41. The SMILES string of the molecule is COC(OC)(OC)C1=c2ccccc2=C2C=CC=CC2O1. The fourth-order valence-corrected chi connectivity index (χ4v) is 2.76. The van der Waals surface area contributed by atoms with E-state index in [1.54, 1.807) is 0 Å². The van der Waals surface area contributed by atoms with Crippen molar-refractivity contribution in [2.45, 2.75) is 12.1 Å². The summed E-state index contributed by atoms with van der Waals surface area (Å²) in [7, 11) is 4.59. The molecule has 1 aromatic carbocycles. The minimum absolute atomic E-state index is 0.167. The average molecular weight is 286 g/mol. The molecule has 4 nitrogen and oxygen atoms in total. The molecule has 1 aromatic rings. The molecule has 0 aromatic heterocycles. The summed E-state index contributed by atoms with van der Waals surface area (Å²) in [6.07, 6.45) is 7.87. The first kappa shape index (κ1) is 14.1. The van der Waals surface area contributed by atoms with E-state index in [1.807, 2.05) is 36.4 Å². The summed E-state index contributed by atoms with van der Waals surface area (Å²) in [6.45, 7) is 0. The number of fused-ring (bicyclic) bond motifs is 2. The molecule has 3 rings (SSSR count). The summed E-state index contributed by atoms with van der Waals surface area (Å²) in [4.78, 5) is 0. The second-order valence-corrected chi connectivity index (χ2v) is 4.78. The van der Waals surface area contributed by atoms with Crippen molar-refractivity contribution >= 4 is 11.3 Å². The van der Waals surface area contributed by atoms with Crippen LogP contribution in [0.25, 0.3) is 11.3 Å². The summed E-state index contributed by atoms with van der Waals surface area (Å²) in [5.41, 5.74) is 1.12. The first-order valence-corrected chi connectivity index (χ1v) is 6.76. The summed E-state index contributed by atoms with van der Waals surface area (Å²) < 4.78 is 22.5. The molecule has 0 N–H and O–H groups in total. The molecule has 1 aliphatic carbocycles. The van der Waals surface area contributed by atoms with Crippen LogP contribution in [-0.4, -0.2) is 33.4 Å². The molecule has 0 saturated heterocycles. The third kappa shape index (κ3) is 2.12. The number of rotatable bonds is 4. The Labute approximate surface area is 123 Å². The van der Waals surface area contributed by atoms with E-state index in [9.17, 15) is 0 Å². The molecule has 0 fully saturated rings. The van der Waals surface area contributed by atoms with E-state index in [0.29, 0.717) is 5.76 Å². The third-order valence-electron chi connectivity index (χ3n) is 3.79. The van der Waals surface area contributed by atoms with Crippen LogP contribution in [0.2, 0.25) is 0 Å². The van der Waals surface area contributed by atoms with E-state index in [0.717, 1.165) is 16.0 Å². The van der Waals surface area contributed by atoms with E-state index < -0.39 is 5.97 Å². The molecule has 0 spiro atoms. The van der Waals surface area contributed by atoms with Crippen LogP contribution >= 0.6 is 0 Å². The molecule has 0 bridgehead atoms. The second-order valence-electron chi connectivity index (χ2n) is 4.78. The van der Waals surface area contributed by atoms with Gasteiger partial charge in [-0.15, -0.1) is 0 Å². The molecule has 1 aliphatic heterocycles. The summed E-state index contributed by atoms with van der Waals surface area (Å²) in [6, 6.07) is 8.00. The van der Waals surface area contributed by atoms with Gasteiger partial charge in [0.1, 0.15) is 6.10 Å². The Morgan fingerprint density at radius 2 is 1.62 bits per heavy atom. The Morgan fingerprint density at radius 3 is 2.29 bits per heavy atom. The van der Waals surface area contributed by atoms with Gasteiger partial charge in [-0.05, 0) is 11.3 Å². The van der Waals surface area contributed by atoms with Crippen LogP contribution < -0.4 is 10.4 Å². The molecule has 2 aliphatic rings. The third-order valence-corrected chi connectivity index (χ3v) is 3.79. The van der Waals surface area contributed by atoms with Crippen molar-refractivity contribution in [3.63, 3.8) is 0 Å². The standard InChI is InChI=1S/C17H18O4/c1-18-17(19-2,20-3)16-14-10-5-4-8-12(14)13-9-6-7-11-15(13)21-16/h4-11,15H,1-3H3. The molecule has 4 heteroatoms. The minimum atomic E-state index is -1.35. The van der Waals surface area contributed by atoms with Crippen LogP contribution in [0, 0.1) is 0 Å². The van der Waals surface area contributed by atoms with Gasteiger partial charge in [0.2, 0.25) is 0 Å². The van der Waals surface area contributed by atoms with Gasteiger partial charge in [-0.25, -0.2) is 0 Å². The Hall–Kier alpha value is -1.88. The van der Waals surface area contributed by atoms with Gasteiger partial charge >= 0.3 is 5.97 Å². The first-order valence-electron chi connectivity index (χ1n) is 6.76. The highest BCUT2D eigenvalue weighted by atomic mass is 16.9. The predicted molar refractivity (Wildman–Crippen MR) is 79.4 cm³/mol. The van der Waals surface area contributed by atoms with Crippen molar-refractivity contribution < 1.29 is 18.9 Å². The van der Waals surface area contributed by atoms with Crippen molar-refractivity contribution in [1.29, 1.82) is 0 Å². The maximum Gasteiger partial charge on any atom is 0.345 e. The maximum atomic E-state index is 6.12. The van der Waals surface area contributed by atoms with Crippen molar-refractivity contribution in [3.05, 3.63) is 59.0 Å². The van der Waals surface area contributed by atoms with Crippen LogP contribution in [0.4, 0.5) is 0 Å². The molecule has 1 heterocycles. The van der Waals surface area contributed by atoms with E-state index in [4.69, 9.17) is 18.9 Å². The molecule has 0 saturated carbocycles. The monoisotopic (exact) mass is 286 g/mol. The number of hydrogen-bond donors (Lipinski definition) is 0. The highest BCUT2D eigenvalue weighted by molar-refractivity contribution is 5.69. The molecular formula is C17H18O4. The van der Waals surface area contributed by atoms with Gasteiger partial charge in [0.25, 0.3) is 0 Å².